The molecule has 3 heteroatoms. The van der Waals surface area contributed by atoms with E-state index in [9.17, 15) is 0 Å². The second-order valence-electron chi connectivity index (χ2n) is 4.72. The van der Waals surface area contributed by atoms with Gasteiger partial charge in [0.05, 0.1) is 12.4 Å². The molecule has 0 saturated heterocycles. The predicted molar refractivity (Wildman–Crippen MR) is 72.8 cm³/mol. The number of benzene rings is 1. The van der Waals surface area contributed by atoms with Gasteiger partial charge in [0, 0.05) is 6.54 Å². The van der Waals surface area contributed by atoms with Gasteiger partial charge in [0.1, 0.15) is 6.61 Å². The number of aromatic nitrogens is 2. The Labute approximate surface area is 108 Å². The summed E-state index contributed by atoms with van der Waals surface area (Å²) in [5, 5.41) is 4.24. The minimum absolute atomic E-state index is 0.598. The molecule has 3 nitrogen and oxygen atoms in total. The summed E-state index contributed by atoms with van der Waals surface area (Å²) >= 11 is 0. The topological polar surface area (TPSA) is 27.1 Å². The third kappa shape index (κ3) is 3.36. The molecule has 96 valence electrons. The average Bonchev–Trinajstić information content (AvgIpc) is 2.74. The smallest absolute Gasteiger partial charge is 0.157 e. The van der Waals surface area contributed by atoms with Crippen LogP contribution in [0.5, 0.6) is 5.75 Å². The van der Waals surface area contributed by atoms with E-state index in [1.54, 1.807) is 6.20 Å². The number of ether oxygens (including phenoxy) is 1. The Balaban J connectivity index is 1.97. The monoisotopic (exact) mass is 244 g/mol. The van der Waals surface area contributed by atoms with Gasteiger partial charge >= 0.3 is 0 Å². The zero-order valence-corrected chi connectivity index (χ0v) is 11.3. The first kappa shape index (κ1) is 12.7. The van der Waals surface area contributed by atoms with Crippen molar-refractivity contribution in [2.24, 2.45) is 0 Å². The minimum Gasteiger partial charge on any atom is -0.486 e. The molecule has 0 N–H and O–H groups in total. The first-order valence-electron chi connectivity index (χ1n) is 6.40. The van der Waals surface area contributed by atoms with Gasteiger partial charge in [-0.15, -0.1) is 0 Å². The lowest BCUT2D eigenvalue weighted by molar-refractivity contribution is 0.305. The van der Waals surface area contributed by atoms with Crippen molar-refractivity contribution >= 4 is 0 Å². The van der Waals surface area contributed by atoms with Crippen LogP contribution in [0.1, 0.15) is 30.0 Å². The van der Waals surface area contributed by atoms with Crippen LogP contribution >= 0.6 is 0 Å². The highest BCUT2D eigenvalue weighted by Crippen LogP contribution is 2.14. The van der Waals surface area contributed by atoms with Crippen LogP contribution in [0.3, 0.4) is 0 Å². The van der Waals surface area contributed by atoms with E-state index in [0.29, 0.717) is 6.61 Å². The van der Waals surface area contributed by atoms with Crippen molar-refractivity contribution in [1.82, 2.24) is 9.78 Å². The lowest BCUT2D eigenvalue weighted by Gasteiger charge is -2.06. The van der Waals surface area contributed by atoms with Crippen molar-refractivity contribution < 1.29 is 4.74 Å². The van der Waals surface area contributed by atoms with Crippen molar-refractivity contribution in [3.63, 3.8) is 0 Å². The van der Waals surface area contributed by atoms with Gasteiger partial charge < -0.3 is 4.74 Å². The zero-order valence-electron chi connectivity index (χ0n) is 11.3. The van der Waals surface area contributed by atoms with E-state index in [1.807, 2.05) is 10.9 Å². The molecule has 0 aliphatic carbocycles. The third-order valence-corrected chi connectivity index (χ3v) is 2.75. The van der Waals surface area contributed by atoms with Crippen LogP contribution in [-0.2, 0) is 13.2 Å². The molecule has 2 aromatic rings. The highest BCUT2D eigenvalue weighted by Gasteiger charge is 2.01. The number of aryl methyl sites for hydroxylation is 3. The normalized spacial score (nSPS) is 10.6. The van der Waals surface area contributed by atoms with Crippen LogP contribution in [0.15, 0.2) is 30.6 Å². The molecule has 0 fully saturated rings. The average molecular weight is 244 g/mol. The number of hydrogen-bond acceptors (Lipinski definition) is 2. The Kier molecular flexibility index (Phi) is 4.03. The fraction of sp³-hybridized carbons (Fsp3) is 0.400. The Morgan fingerprint density at radius 3 is 2.56 bits per heavy atom. The summed E-state index contributed by atoms with van der Waals surface area (Å²) in [7, 11) is 0. The summed E-state index contributed by atoms with van der Waals surface area (Å²) in [6.45, 7) is 7.89. The molecule has 1 heterocycles. The lowest BCUT2D eigenvalue weighted by Crippen LogP contribution is -1.97. The van der Waals surface area contributed by atoms with E-state index in [2.05, 4.69) is 44.1 Å². The first-order chi connectivity index (χ1) is 8.67. The molecule has 0 spiro atoms. The quantitative estimate of drug-likeness (QED) is 0.805. The highest BCUT2D eigenvalue weighted by molar-refractivity contribution is 5.28. The maximum Gasteiger partial charge on any atom is 0.157 e. The third-order valence-electron chi connectivity index (χ3n) is 2.75. The molecule has 1 aromatic heterocycles. The molecule has 0 saturated carbocycles. The van der Waals surface area contributed by atoms with Crippen LogP contribution < -0.4 is 4.74 Å². The Bertz CT molecular complexity index is 497. The Hall–Kier alpha value is -1.77. The maximum atomic E-state index is 5.75. The summed E-state index contributed by atoms with van der Waals surface area (Å²) in [5.74, 6) is 0.836. The number of hydrogen-bond donors (Lipinski definition) is 0. The van der Waals surface area contributed by atoms with Crippen molar-refractivity contribution in [1.29, 1.82) is 0 Å². The minimum atomic E-state index is 0.598. The summed E-state index contributed by atoms with van der Waals surface area (Å²) in [6.07, 6.45) is 4.81. The SMILES string of the molecule is CCCn1cc(OCc2cc(C)cc(C)c2)cn1. The van der Waals surface area contributed by atoms with E-state index >= 15 is 0 Å². The van der Waals surface area contributed by atoms with Gasteiger partial charge in [0.2, 0.25) is 0 Å². The molecule has 0 radical (unpaired) electrons. The van der Waals surface area contributed by atoms with Gasteiger partial charge in [-0.3, -0.25) is 4.68 Å². The van der Waals surface area contributed by atoms with Gasteiger partial charge in [-0.25, -0.2) is 0 Å². The van der Waals surface area contributed by atoms with Crippen LogP contribution in [0.2, 0.25) is 0 Å². The fourth-order valence-electron chi connectivity index (χ4n) is 2.09. The molecule has 0 aliphatic rings. The second kappa shape index (κ2) is 5.71. The van der Waals surface area contributed by atoms with Crippen molar-refractivity contribution in [2.75, 3.05) is 0 Å². The van der Waals surface area contributed by atoms with Gasteiger partial charge in [0.15, 0.2) is 5.75 Å². The number of rotatable bonds is 5. The van der Waals surface area contributed by atoms with Gasteiger partial charge in [-0.2, -0.15) is 5.10 Å². The highest BCUT2D eigenvalue weighted by atomic mass is 16.5. The van der Waals surface area contributed by atoms with Gasteiger partial charge in [-0.05, 0) is 25.8 Å². The molecule has 0 aliphatic heterocycles. The summed E-state index contributed by atoms with van der Waals surface area (Å²) < 4.78 is 7.66. The summed E-state index contributed by atoms with van der Waals surface area (Å²) in [5.41, 5.74) is 3.75. The summed E-state index contributed by atoms with van der Waals surface area (Å²) in [4.78, 5) is 0. The van der Waals surface area contributed by atoms with Crippen molar-refractivity contribution in [3.05, 3.63) is 47.3 Å². The second-order valence-corrected chi connectivity index (χ2v) is 4.72. The lowest BCUT2D eigenvalue weighted by atomic mass is 10.1. The largest absolute Gasteiger partial charge is 0.486 e. The molecular formula is C15H20N2O. The van der Waals surface area contributed by atoms with Gasteiger partial charge in [-0.1, -0.05) is 36.2 Å². The molecule has 2 rings (SSSR count). The van der Waals surface area contributed by atoms with Gasteiger partial charge in [0.25, 0.3) is 0 Å². The van der Waals surface area contributed by atoms with E-state index < -0.39 is 0 Å². The molecule has 1 aromatic carbocycles. The van der Waals surface area contributed by atoms with Crippen LogP contribution in [0.25, 0.3) is 0 Å². The standard InChI is InChI=1S/C15H20N2O/c1-4-5-17-10-15(9-16-17)18-11-14-7-12(2)6-13(3)8-14/h6-10H,4-5,11H2,1-3H3. The molecule has 0 unspecified atom stereocenters. The van der Waals surface area contributed by atoms with E-state index in [0.717, 1.165) is 18.7 Å². The Morgan fingerprint density at radius 1 is 1.17 bits per heavy atom. The van der Waals surface area contributed by atoms with Crippen LogP contribution in [-0.4, -0.2) is 9.78 Å². The Morgan fingerprint density at radius 2 is 1.89 bits per heavy atom. The van der Waals surface area contributed by atoms with Crippen LogP contribution in [0.4, 0.5) is 0 Å². The van der Waals surface area contributed by atoms with E-state index in [1.165, 1.54) is 16.7 Å². The molecular weight excluding hydrogens is 224 g/mol. The van der Waals surface area contributed by atoms with Crippen LogP contribution in [0, 0.1) is 13.8 Å². The van der Waals surface area contributed by atoms with E-state index in [-0.39, 0.29) is 0 Å². The molecule has 18 heavy (non-hydrogen) atoms. The molecule has 0 atom stereocenters. The first-order valence-corrected chi connectivity index (χ1v) is 6.40. The maximum absolute atomic E-state index is 5.75. The zero-order chi connectivity index (χ0) is 13.0. The van der Waals surface area contributed by atoms with Crippen molar-refractivity contribution in [3.8, 4) is 5.75 Å². The van der Waals surface area contributed by atoms with Crippen molar-refractivity contribution in [2.45, 2.75) is 40.3 Å². The molecule has 0 bridgehead atoms. The summed E-state index contributed by atoms with van der Waals surface area (Å²) in [6, 6.07) is 6.48. The predicted octanol–water partition coefficient (Wildman–Crippen LogP) is 3.49. The fourth-order valence-corrected chi connectivity index (χ4v) is 2.09. The van der Waals surface area contributed by atoms with E-state index in [4.69, 9.17) is 4.74 Å². The number of nitrogens with zero attached hydrogens (tertiary/aromatic N) is 2. The molecule has 0 amide bonds.